The van der Waals surface area contributed by atoms with Crippen molar-refractivity contribution < 1.29 is 17.9 Å². The Morgan fingerprint density at radius 1 is 1.15 bits per heavy atom. The molecular formula is C19H29N3O4S. The van der Waals surface area contributed by atoms with Gasteiger partial charge in [-0.05, 0) is 31.2 Å². The van der Waals surface area contributed by atoms with E-state index in [0.29, 0.717) is 45.5 Å². The Balaban J connectivity index is 1.82. The molecule has 27 heavy (non-hydrogen) atoms. The maximum Gasteiger partial charge on any atom is 0.283 e. The zero-order valence-corrected chi connectivity index (χ0v) is 17.0. The van der Waals surface area contributed by atoms with Gasteiger partial charge in [-0.2, -0.15) is 17.0 Å². The molecule has 2 saturated heterocycles. The number of ether oxygens (including phenoxy) is 1. The van der Waals surface area contributed by atoms with Gasteiger partial charge in [0.1, 0.15) is 5.54 Å². The van der Waals surface area contributed by atoms with E-state index in [1.54, 1.807) is 19.1 Å². The van der Waals surface area contributed by atoms with Crippen molar-refractivity contribution in [2.75, 3.05) is 40.4 Å². The van der Waals surface area contributed by atoms with Crippen molar-refractivity contribution in [3.8, 4) is 0 Å². The van der Waals surface area contributed by atoms with Crippen molar-refractivity contribution in [3.63, 3.8) is 0 Å². The summed E-state index contributed by atoms with van der Waals surface area (Å²) in [5.74, 6) is -0.0695. The molecule has 1 spiro atoms. The number of benzene rings is 1. The summed E-state index contributed by atoms with van der Waals surface area (Å²) < 4.78 is 34.6. The van der Waals surface area contributed by atoms with Gasteiger partial charge in [0.05, 0.1) is 6.61 Å². The minimum Gasteiger partial charge on any atom is -0.383 e. The van der Waals surface area contributed by atoms with Gasteiger partial charge < -0.3 is 9.64 Å². The Hall–Kier alpha value is -1.48. The van der Waals surface area contributed by atoms with Gasteiger partial charge in [0.2, 0.25) is 5.91 Å². The molecule has 0 aliphatic carbocycles. The van der Waals surface area contributed by atoms with Crippen molar-refractivity contribution in [1.82, 2.24) is 13.5 Å². The van der Waals surface area contributed by atoms with E-state index in [0.717, 1.165) is 12.0 Å². The predicted octanol–water partition coefficient (Wildman–Crippen LogP) is 1.47. The zero-order valence-electron chi connectivity index (χ0n) is 16.1. The lowest BCUT2D eigenvalue weighted by Gasteiger charge is -2.44. The molecule has 0 aromatic heterocycles. The number of amides is 1. The number of methoxy groups -OCH3 is 1. The summed E-state index contributed by atoms with van der Waals surface area (Å²) >= 11 is 0. The van der Waals surface area contributed by atoms with E-state index in [4.69, 9.17) is 4.74 Å². The largest absolute Gasteiger partial charge is 0.383 e. The first-order valence-electron chi connectivity index (χ1n) is 9.48. The Morgan fingerprint density at radius 2 is 1.81 bits per heavy atom. The number of rotatable bonds is 7. The topological polar surface area (TPSA) is 70.2 Å². The molecule has 7 nitrogen and oxygen atoms in total. The summed E-state index contributed by atoms with van der Waals surface area (Å²) in [5.41, 5.74) is -0.0102. The number of nitrogens with zero attached hydrogens (tertiary/aromatic N) is 3. The average Bonchev–Trinajstić information content (AvgIpc) is 3.09. The molecule has 0 radical (unpaired) electrons. The summed E-state index contributed by atoms with van der Waals surface area (Å²) in [5, 5.41) is 0. The number of carbonyl (C=O) groups excluding carboxylic acids is 1. The Labute approximate surface area is 162 Å². The fourth-order valence-electron chi connectivity index (χ4n) is 4.22. The molecule has 1 unspecified atom stereocenters. The van der Waals surface area contributed by atoms with Crippen LogP contribution in [0.25, 0.3) is 0 Å². The molecular weight excluding hydrogens is 366 g/mol. The fraction of sp³-hybridized carbons (Fsp3) is 0.632. The van der Waals surface area contributed by atoms with Gasteiger partial charge in [0, 0.05) is 40.3 Å². The normalized spacial score (nSPS) is 24.3. The standard InChI is InChI=1S/C19H29N3O4S/c1-20(16-17-8-4-3-5-9-17)27(24,25)22-13-7-11-19(22)10-6-12-21(18(19)23)14-15-26-2/h3-5,8-9H,6-7,10-16H2,1-2H3. The molecule has 2 aliphatic rings. The molecule has 2 fully saturated rings. The van der Waals surface area contributed by atoms with Crippen LogP contribution < -0.4 is 0 Å². The molecule has 8 heteroatoms. The van der Waals surface area contributed by atoms with Crippen molar-refractivity contribution in [2.24, 2.45) is 0 Å². The first-order chi connectivity index (χ1) is 12.9. The van der Waals surface area contributed by atoms with Crippen molar-refractivity contribution in [1.29, 1.82) is 0 Å². The molecule has 0 bridgehead atoms. The minimum absolute atomic E-state index is 0.0695. The second kappa shape index (κ2) is 8.26. The van der Waals surface area contributed by atoms with Crippen LogP contribution in [-0.4, -0.2) is 73.8 Å². The first kappa shape index (κ1) is 20.3. The minimum atomic E-state index is -3.73. The van der Waals surface area contributed by atoms with E-state index in [1.165, 1.54) is 8.61 Å². The summed E-state index contributed by atoms with van der Waals surface area (Å²) in [7, 11) is -0.540. The van der Waals surface area contributed by atoms with Gasteiger partial charge >= 0.3 is 0 Å². The number of carbonyl (C=O) groups is 1. The van der Waals surface area contributed by atoms with Crippen LogP contribution in [0.1, 0.15) is 31.2 Å². The molecule has 2 heterocycles. The van der Waals surface area contributed by atoms with Crippen LogP contribution >= 0.6 is 0 Å². The van der Waals surface area contributed by atoms with Gasteiger partial charge in [-0.1, -0.05) is 30.3 Å². The fourth-order valence-corrected chi connectivity index (χ4v) is 5.93. The molecule has 3 rings (SSSR count). The van der Waals surface area contributed by atoms with E-state index in [9.17, 15) is 13.2 Å². The van der Waals surface area contributed by atoms with E-state index < -0.39 is 15.7 Å². The second-order valence-electron chi connectivity index (χ2n) is 7.35. The highest BCUT2D eigenvalue weighted by molar-refractivity contribution is 7.86. The molecule has 0 saturated carbocycles. The molecule has 1 aromatic carbocycles. The maximum absolute atomic E-state index is 13.3. The second-order valence-corrected chi connectivity index (χ2v) is 9.31. The van der Waals surface area contributed by atoms with E-state index in [2.05, 4.69) is 0 Å². The van der Waals surface area contributed by atoms with Crippen LogP contribution in [0.3, 0.4) is 0 Å². The van der Waals surface area contributed by atoms with Crippen LogP contribution in [-0.2, 0) is 26.3 Å². The highest BCUT2D eigenvalue weighted by Gasteiger charge is 2.55. The molecule has 2 aliphatic heterocycles. The van der Waals surface area contributed by atoms with Crippen molar-refractivity contribution >= 4 is 16.1 Å². The SMILES string of the molecule is COCCN1CCCC2(CCCN2S(=O)(=O)N(C)Cc2ccccc2)C1=O. The van der Waals surface area contributed by atoms with Crippen LogP contribution in [0.4, 0.5) is 0 Å². The molecule has 1 amide bonds. The highest BCUT2D eigenvalue weighted by Crippen LogP contribution is 2.40. The van der Waals surface area contributed by atoms with Gasteiger partial charge in [-0.15, -0.1) is 0 Å². The Kier molecular flexibility index (Phi) is 6.20. The quantitative estimate of drug-likeness (QED) is 0.701. The van der Waals surface area contributed by atoms with Crippen LogP contribution in [0.15, 0.2) is 30.3 Å². The van der Waals surface area contributed by atoms with Crippen LogP contribution in [0.2, 0.25) is 0 Å². The third-order valence-electron chi connectivity index (χ3n) is 5.62. The number of likely N-dealkylation sites (tertiary alicyclic amines) is 1. The summed E-state index contributed by atoms with van der Waals surface area (Å²) in [6.07, 6.45) is 2.70. The van der Waals surface area contributed by atoms with Crippen molar-refractivity contribution in [2.45, 2.75) is 37.8 Å². The number of hydrogen-bond acceptors (Lipinski definition) is 4. The molecule has 1 atom stereocenters. The van der Waals surface area contributed by atoms with Crippen LogP contribution in [0, 0.1) is 0 Å². The number of hydrogen-bond donors (Lipinski definition) is 0. The van der Waals surface area contributed by atoms with Gasteiger partial charge in [0.25, 0.3) is 10.2 Å². The van der Waals surface area contributed by atoms with E-state index in [1.807, 2.05) is 30.3 Å². The first-order valence-corrected chi connectivity index (χ1v) is 10.9. The smallest absolute Gasteiger partial charge is 0.283 e. The Morgan fingerprint density at radius 3 is 2.48 bits per heavy atom. The lowest BCUT2D eigenvalue weighted by Crippen LogP contribution is -2.63. The zero-order chi connectivity index (χ0) is 19.5. The third-order valence-corrected chi connectivity index (χ3v) is 7.62. The Bertz CT molecular complexity index is 755. The summed E-state index contributed by atoms with van der Waals surface area (Å²) in [4.78, 5) is 15.0. The lowest BCUT2D eigenvalue weighted by molar-refractivity contribution is -0.145. The monoisotopic (exact) mass is 395 g/mol. The van der Waals surface area contributed by atoms with Gasteiger partial charge in [-0.3, -0.25) is 4.79 Å². The molecule has 0 N–H and O–H groups in total. The van der Waals surface area contributed by atoms with Crippen molar-refractivity contribution in [3.05, 3.63) is 35.9 Å². The lowest BCUT2D eigenvalue weighted by atomic mass is 9.86. The third kappa shape index (κ3) is 3.89. The molecule has 1 aromatic rings. The van der Waals surface area contributed by atoms with Gasteiger partial charge in [0.15, 0.2) is 0 Å². The van der Waals surface area contributed by atoms with Crippen LogP contribution in [0.5, 0.6) is 0 Å². The predicted molar refractivity (Wildman–Crippen MR) is 103 cm³/mol. The van der Waals surface area contributed by atoms with E-state index >= 15 is 0 Å². The average molecular weight is 396 g/mol. The summed E-state index contributed by atoms with van der Waals surface area (Å²) in [6, 6.07) is 9.51. The highest BCUT2D eigenvalue weighted by atomic mass is 32.2. The van der Waals surface area contributed by atoms with Gasteiger partial charge in [-0.25, -0.2) is 0 Å². The summed E-state index contributed by atoms with van der Waals surface area (Å²) in [6.45, 7) is 2.31. The molecule has 150 valence electrons. The number of piperidine rings is 1. The van der Waals surface area contributed by atoms with E-state index in [-0.39, 0.29) is 12.5 Å². The maximum atomic E-state index is 13.3.